The van der Waals surface area contributed by atoms with Crippen molar-refractivity contribution in [1.82, 2.24) is 24.6 Å². The second-order valence-electron chi connectivity index (χ2n) is 5.55. The third-order valence-electron chi connectivity index (χ3n) is 3.90. The number of pyridine rings is 2. The molecule has 28 heavy (non-hydrogen) atoms. The quantitative estimate of drug-likeness (QED) is 0.582. The zero-order chi connectivity index (χ0) is 19.9. The number of nitrogens with one attached hydrogen (secondary N) is 1. The molecule has 0 atom stereocenters. The Labute approximate surface area is 159 Å². The van der Waals surface area contributed by atoms with Crippen LogP contribution >= 0.6 is 0 Å². The molecule has 0 saturated heterocycles. The highest BCUT2D eigenvalue weighted by Crippen LogP contribution is 2.27. The predicted octanol–water partition coefficient (Wildman–Crippen LogP) is 3.05. The second-order valence-corrected chi connectivity index (χ2v) is 5.55. The molecular weight excluding hydrogens is 363 g/mol. The number of halogens is 1. The van der Waals surface area contributed by atoms with Gasteiger partial charge in [0.25, 0.3) is 0 Å². The van der Waals surface area contributed by atoms with E-state index in [9.17, 15) is 4.39 Å². The fourth-order valence-electron chi connectivity index (χ4n) is 2.67. The van der Waals surface area contributed by atoms with E-state index in [1.807, 2.05) is 30.5 Å². The third-order valence-corrected chi connectivity index (χ3v) is 3.90. The van der Waals surface area contributed by atoms with Crippen molar-refractivity contribution >= 4 is 23.2 Å². The van der Waals surface area contributed by atoms with E-state index < -0.39 is 5.82 Å². The van der Waals surface area contributed by atoms with Crippen LogP contribution in [0.1, 0.15) is 12.5 Å². The second kappa shape index (κ2) is 8.61. The summed E-state index contributed by atoms with van der Waals surface area (Å²) in [5.74, 6) is 0.550. The van der Waals surface area contributed by atoms with Crippen LogP contribution < -0.4 is 5.32 Å². The minimum absolute atomic E-state index is 0.250. The van der Waals surface area contributed by atoms with Gasteiger partial charge in [-0.25, -0.2) is 13.9 Å². The molecule has 0 aliphatic rings. The van der Waals surface area contributed by atoms with Crippen molar-refractivity contribution in [2.75, 3.05) is 5.32 Å². The van der Waals surface area contributed by atoms with Crippen LogP contribution in [0.25, 0.3) is 17.0 Å². The van der Waals surface area contributed by atoms with Crippen molar-refractivity contribution < 1.29 is 14.0 Å². The van der Waals surface area contributed by atoms with E-state index in [-0.39, 0.29) is 6.15 Å². The van der Waals surface area contributed by atoms with E-state index in [1.165, 1.54) is 12.4 Å². The van der Waals surface area contributed by atoms with Crippen LogP contribution in [0.15, 0.2) is 55.1 Å². The molecule has 0 bridgehead atoms. The number of rotatable bonds is 4. The first kappa shape index (κ1) is 18.8. The molecule has 4 rings (SSSR count). The van der Waals surface area contributed by atoms with Gasteiger partial charge in [-0.05, 0) is 36.2 Å². The molecule has 4 aromatic rings. The lowest BCUT2D eigenvalue weighted by Crippen LogP contribution is -2.05. The maximum Gasteiger partial charge on any atom is 0.373 e. The monoisotopic (exact) mass is 378 g/mol. The van der Waals surface area contributed by atoms with Crippen LogP contribution in [0.5, 0.6) is 0 Å². The Morgan fingerprint density at radius 1 is 1.18 bits per heavy atom. The number of aryl methyl sites for hydroxylation is 1. The van der Waals surface area contributed by atoms with Crippen LogP contribution in [0.2, 0.25) is 0 Å². The van der Waals surface area contributed by atoms with Gasteiger partial charge < -0.3 is 5.32 Å². The number of hydrogen-bond donors (Lipinski definition) is 1. The molecule has 0 unspecified atom stereocenters. The van der Waals surface area contributed by atoms with Gasteiger partial charge >= 0.3 is 6.15 Å². The normalized spacial score (nSPS) is 10.1. The van der Waals surface area contributed by atoms with Gasteiger partial charge in [-0.15, -0.1) is 5.10 Å². The molecular formula is C19H15FN6O2. The molecule has 0 aliphatic carbocycles. The summed E-state index contributed by atoms with van der Waals surface area (Å²) >= 11 is 0. The number of aromatic nitrogens is 5. The Hall–Kier alpha value is -3.97. The predicted molar refractivity (Wildman–Crippen MR) is 98.1 cm³/mol. The molecule has 0 spiro atoms. The molecule has 9 heteroatoms. The van der Waals surface area contributed by atoms with Crippen LogP contribution in [0.3, 0.4) is 0 Å². The van der Waals surface area contributed by atoms with Crippen molar-refractivity contribution in [1.29, 1.82) is 0 Å². The standard InChI is InChI=1S/C18H15FN6.CO2/c1-2-12-7-10-25-16(12)18(22-14-6-9-20-11-13(14)19)23-17(24-25)15-5-3-4-8-21-15;2-1-3/h3-11H,2H2,1H3,(H,20,22,23,24);. The Kier molecular flexibility index (Phi) is 5.78. The molecule has 0 aromatic carbocycles. The SMILES string of the molecule is CCc1ccn2nc(-c3ccccn3)nc(Nc3ccncc3F)c12.O=C=O. The van der Waals surface area contributed by atoms with E-state index in [0.29, 0.717) is 23.0 Å². The van der Waals surface area contributed by atoms with Crippen LogP contribution in [0.4, 0.5) is 15.9 Å². The topological polar surface area (TPSA) is 102 Å². The molecule has 4 aromatic heterocycles. The summed E-state index contributed by atoms with van der Waals surface area (Å²) in [5.41, 5.74) is 2.85. The molecule has 4 heterocycles. The van der Waals surface area contributed by atoms with Gasteiger partial charge in [0, 0.05) is 18.6 Å². The summed E-state index contributed by atoms with van der Waals surface area (Å²) in [6.45, 7) is 2.05. The largest absolute Gasteiger partial charge is 0.373 e. The van der Waals surface area contributed by atoms with Crippen LogP contribution in [-0.2, 0) is 16.0 Å². The highest BCUT2D eigenvalue weighted by atomic mass is 19.1. The summed E-state index contributed by atoms with van der Waals surface area (Å²) in [7, 11) is 0. The highest BCUT2D eigenvalue weighted by Gasteiger charge is 2.15. The van der Waals surface area contributed by atoms with Gasteiger partial charge in [0.1, 0.15) is 11.2 Å². The van der Waals surface area contributed by atoms with Gasteiger partial charge in [0.2, 0.25) is 5.82 Å². The number of fused-ring (bicyclic) bond motifs is 1. The Balaban J connectivity index is 0.000000706. The summed E-state index contributed by atoms with van der Waals surface area (Å²) in [4.78, 5) is 28.9. The maximum atomic E-state index is 14.0. The molecule has 0 saturated carbocycles. The minimum atomic E-state index is -0.441. The van der Waals surface area contributed by atoms with E-state index >= 15 is 0 Å². The van der Waals surface area contributed by atoms with Gasteiger partial charge in [0.05, 0.1) is 11.9 Å². The number of nitrogens with zero attached hydrogens (tertiary/aromatic N) is 5. The molecule has 0 amide bonds. The summed E-state index contributed by atoms with van der Waals surface area (Å²) in [5, 5.41) is 7.61. The fraction of sp³-hybridized carbons (Fsp3) is 0.105. The number of hydrogen-bond acceptors (Lipinski definition) is 7. The maximum absolute atomic E-state index is 14.0. The van der Waals surface area contributed by atoms with Crippen LogP contribution in [-0.4, -0.2) is 30.7 Å². The summed E-state index contributed by atoms with van der Waals surface area (Å²) in [6, 6.07) is 9.10. The molecule has 140 valence electrons. The average molecular weight is 378 g/mol. The van der Waals surface area contributed by atoms with Gasteiger partial charge in [0.15, 0.2) is 11.6 Å². The number of carbonyl (C=O) groups excluding carboxylic acids is 2. The summed E-state index contributed by atoms with van der Waals surface area (Å²) < 4.78 is 15.8. The van der Waals surface area contributed by atoms with Gasteiger partial charge in [-0.2, -0.15) is 9.59 Å². The van der Waals surface area contributed by atoms with Crippen molar-refractivity contribution in [3.05, 3.63) is 66.5 Å². The lowest BCUT2D eigenvalue weighted by atomic mass is 10.2. The first-order valence-corrected chi connectivity index (χ1v) is 8.33. The smallest absolute Gasteiger partial charge is 0.336 e. The Bertz CT molecular complexity index is 1120. The van der Waals surface area contributed by atoms with E-state index in [2.05, 4.69) is 32.3 Å². The van der Waals surface area contributed by atoms with E-state index in [0.717, 1.165) is 17.5 Å². The lowest BCUT2D eigenvalue weighted by molar-refractivity contribution is -0.191. The first-order valence-electron chi connectivity index (χ1n) is 8.33. The Morgan fingerprint density at radius 2 is 2.00 bits per heavy atom. The molecule has 0 aliphatic heterocycles. The zero-order valence-corrected chi connectivity index (χ0v) is 14.8. The fourth-order valence-corrected chi connectivity index (χ4v) is 2.67. The lowest BCUT2D eigenvalue weighted by Gasteiger charge is -2.11. The minimum Gasteiger partial charge on any atom is -0.336 e. The number of anilines is 2. The van der Waals surface area contributed by atoms with Crippen molar-refractivity contribution in [2.45, 2.75) is 13.3 Å². The zero-order valence-electron chi connectivity index (χ0n) is 14.8. The first-order chi connectivity index (χ1) is 13.7. The van der Waals surface area contributed by atoms with Crippen molar-refractivity contribution in [3.63, 3.8) is 0 Å². The van der Waals surface area contributed by atoms with E-state index in [1.54, 1.807) is 16.8 Å². The Morgan fingerprint density at radius 3 is 2.68 bits per heavy atom. The summed E-state index contributed by atoms with van der Waals surface area (Å²) in [6.07, 6.45) is 7.32. The third kappa shape index (κ3) is 3.89. The molecule has 1 N–H and O–H groups in total. The van der Waals surface area contributed by atoms with Gasteiger partial charge in [-0.3, -0.25) is 9.97 Å². The molecule has 8 nitrogen and oxygen atoms in total. The van der Waals surface area contributed by atoms with Gasteiger partial charge in [-0.1, -0.05) is 13.0 Å². The average Bonchev–Trinajstić information content (AvgIpc) is 3.14. The molecule has 0 radical (unpaired) electrons. The van der Waals surface area contributed by atoms with E-state index in [4.69, 9.17) is 9.59 Å². The highest BCUT2D eigenvalue weighted by molar-refractivity contribution is 5.78. The van der Waals surface area contributed by atoms with Crippen LogP contribution in [0, 0.1) is 5.82 Å². The van der Waals surface area contributed by atoms with Crippen molar-refractivity contribution in [2.24, 2.45) is 0 Å². The van der Waals surface area contributed by atoms with Crippen molar-refractivity contribution in [3.8, 4) is 11.5 Å². The molecule has 0 fully saturated rings.